The summed E-state index contributed by atoms with van der Waals surface area (Å²) in [5, 5.41) is 12.5. The Kier molecular flexibility index (Phi) is 4.17. The second-order valence-electron chi connectivity index (χ2n) is 4.97. The molecule has 0 aromatic heterocycles. The van der Waals surface area contributed by atoms with Gasteiger partial charge in [-0.05, 0) is 31.2 Å². The zero-order chi connectivity index (χ0) is 12.1. The minimum absolute atomic E-state index is 0.178. The van der Waals surface area contributed by atoms with E-state index >= 15 is 0 Å². The normalized spacial score (nSPS) is 19.1. The van der Waals surface area contributed by atoms with Crippen molar-refractivity contribution in [3.05, 3.63) is 35.9 Å². The molecule has 0 bridgehead atoms. The maximum absolute atomic E-state index is 8.93. The topological polar surface area (TPSA) is 35.8 Å². The molecular weight excluding hydrogens is 208 g/mol. The highest BCUT2D eigenvalue weighted by Crippen LogP contribution is 2.31. The molecule has 17 heavy (non-hydrogen) atoms. The minimum atomic E-state index is 0.178. The Morgan fingerprint density at radius 2 is 2.06 bits per heavy atom. The van der Waals surface area contributed by atoms with Gasteiger partial charge in [0.05, 0.1) is 12.5 Å². The van der Waals surface area contributed by atoms with Crippen LogP contribution >= 0.6 is 0 Å². The molecule has 2 atom stereocenters. The lowest BCUT2D eigenvalue weighted by Gasteiger charge is -2.34. The van der Waals surface area contributed by atoms with Gasteiger partial charge in [0.1, 0.15) is 0 Å². The van der Waals surface area contributed by atoms with Crippen molar-refractivity contribution in [3.8, 4) is 6.07 Å². The predicted molar refractivity (Wildman–Crippen MR) is 69.4 cm³/mol. The molecule has 0 aliphatic heterocycles. The first-order valence-electron chi connectivity index (χ1n) is 6.49. The molecule has 1 saturated carbocycles. The number of nitriles is 1. The first kappa shape index (κ1) is 12.1. The lowest BCUT2D eigenvalue weighted by atomic mass is 9.80. The van der Waals surface area contributed by atoms with Gasteiger partial charge < -0.3 is 5.32 Å². The first-order valence-corrected chi connectivity index (χ1v) is 6.49. The summed E-state index contributed by atoms with van der Waals surface area (Å²) in [7, 11) is 0. The Morgan fingerprint density at radius 1 is 1.35 bits per heavy atom. The molecular formula is C15H20N2. The van der Waals surface area contributed by atoms with E-state index in [0.29, 0.717) is 12.5 Å². The van der Waals surface area contributed by atoms with Crippen LogP contribution in [0.5, 0.6) is 0 Å². The first-order chi connectivity index (χ1) is 8.31. The lowest BCUT2D eigenvalue weighted by molar-refractivity contribution is 0.227. The van der Waals surface area contributed by atoms with Gasteiger partial charge in [0.2, 0.25) is 0 Å². The molecule has 2 rings (SSSR count). The molecule has 0 radical (unpaired) electrons. The second kappa shape index (κ2) is 5.84. The molecule has 2 unspecified atom stereocenters. The van der Waals surface area contributed by atoms with Crippen LogP contribution in [0.2, 0.25) is 0 Å². The van der Waals surface area contributed by atoms with Crippen molar-refractivity contribution in [1.82, 2.24) is 5.32 Å². The van der Waals surface area contributed by atoms with Crippen molar-refractivity contribution in [2.24, 2.45) is 5.92 Å². The fourth-order valence-corrected chi connectivity index (χ4v) is 2.44. The van der Waals surface area contributed by atoms with Crippen LogP contribution in [0.1, 0.15) is 44.2 Å². The standard InChI is InChI=1S/C15H20N2/c1-12(13-8-5-9-13)17-15(10-11-16)14-6-3-2-4-7-14/h2-4,6-7,12-13,15,17H,5,8-10H2,1H3. The van der Waals surface area contributed by atoms with Crippen LogP contribution in [0.25, 0.3) is 0 Å². The molecule has 1 aliphatic rings. The zero-order valence-corrected chi connectivity index (χ0v) is 10.4. The third kappa shape index (κ3) is 3.08. The van der Waals surface area contributed by atoms with E-state index in [4.69, 9.17) is 5.26 Å². The Hall–Kier alpha value is -1.33. The van der Waals surface area contributed by atoms with Gasteiger partial charge in [0, 0.05) is 12.1 Å². The van der Waals surface area contributed by atoms with Gasteiger partial charge in [-0.2, -0.15) is 5.26 Å². The van der Waals surface area contributed by atoms with E-state index in [1.54, 1.807) is 0 Å². The number of rotatable bonds is 5. The monoisotopic (exact) mass is 228 g/mol. The predicted octanol–water partition coefficient (Wildman–Crippen LogP) is 3.42. The van der Waals surface area contributed by atoms with E-state index in [-0.39, 0.29) is 6.04 Å². The van der Waals surface area contributed by atoms with Crippen molar-refractivity contribution in [3.63, 3.8) is 0 Å². The molecule has 2 nitrogen and oxygen atoms in total. The quantitative estimate of drug-likeness (QED) is 0.838. The van der Waals surface area contributed by atoms with Crippen molar-refractivity contribution in [2.75, 3.05) is 0 Å². The van der Waals surface area contributed by atoms with Crippen LogP contribution in [0.15, 0.2) is 30.3 Å². The number of hydrogen-bond acceptors (Lipinski definition) is 2. The summed E-state index contributed by atoms with van der Waals surface area (Å²) < 4.78 is 0. The number of nitrogens with one attached hydrogen (secondary N) is 1. The minimum Gasteiger partial charge on any atom is -0.306 e. The van der Waals surface area contributed by atoms with E-state index in [1.165, 1.54) is 24.8 Å². The fraction of sp³-hybridized carbons (Fsp3) is 0.533. The van der Waals surface area contributed by atoms with E-state index in [9.17, 15) is 0 Å². The van der Waals surface area contributed by atoms with Gasteiger partial charge in [0.25, 0.3) is 0 Å². The Labute approximate surface area is 104 Å². The van der Waals surface area contributed by atoms with E-state index < -0.39 is 0 Å². The van der Waals surface area contributed by atoms with Crippen LogP contribution in [-0.4, -0.2) is 6.04 Å². The largest absolute Gasteiger partial charge is 0.306 e. The molecule has 1 aromatic rings. The summed E-state index contributed by atoms with van der Waals surface area (Å²) in [6, 6.07) is 13.3. The van der Waals surface area contributed by atoms with E-state index in [0.717, 1.165) is 5.92 Å². The smallest absolute Gasteiger partial charge is 0.0641 e. The van der Waals surface area contributed by atoms with Crippen LogP contribution in [0, 0.1) is 17.2 Å². The van der Waals surface area contributed by atoms with Gasteiger partial charge in [-0.1, -0.05) is 36.8 Å². The van der Waals surface area contributed by atoms with Gasteiger partial charge in [-0.3, -0.25) is 0 Å². The number of hydrogen-bond donors (Lipinski definition) is 1. The van der Waals surface area contributed by atoms with E-state index in [2.05, 4.69) is 30.4 Å². The second-order valence-corrected chi connectivity index (χ2v) is 4.97. The molecule has 0 saturated heterocycles. The third-order valence-electron chi connectivity index (χ3n) is 3.82. The van der Waals surface area contributed by atoms with Crippen LogP contribution in [-0.2, 0) is 0 Å². The molecule has 0 amide bonds. The van der Waals surface area contributed by atoms with Crippen molar-refractivity contribution in [2.45, 2.75) is 44.7 Å². The Balaban J connectivity index is 1.99. The van der Waals surface area contributed by atoms with Gasteiger partial charge >= 0.3 is 0 Å². The number of nitrogens with zero attached hydrogens (tertiary/aromatic N) is 1. The molecule has 1 aliphatic carbocycles. The molecule has 0 spiro atoms. The highest BCUT2D eigenvalue weighted by Gasteiger charge is 2.25. The highest BCUT2D eigenvalue weighted by atomic mass is 15.0. The zero-order valence-electron chi connectivity index (χ0n) is 10.4. The van der Waals surface area contributed by atoms with Crippen molar-refractivity contribution < 1.29 is 0 Å². The highest BCUT2D eigenvalue weighted by molar-refractivity contribution is 5.20. The Bertz CT molecular complexity index is 376. The van der Waals surface area contributed by atoms with Crippen LogP contribution < -0.4 is 5.32 Å². The van der Waals surface area contributed by atoms with Gasteiger partial charge in [-0.15, -0.1) is 0 Å². The summed E-state index contributed by atoms with van der Waals surface area (Å²) in [5.41, 5.74) is 1.22. The maximum atomic E-state index is 8.93. The summed E-state index contributed by atoms with van der Waals surface area (Å²) in [6.07, 6.45) is 4.58. The summed E-state index contributed by atoms with van der Waals surface area (Å²) in [4.78, 5) is 0. The average Bonchev–Trinajstić information content (AvgIpc) is 2.27. The third-order valence-corrected chi connectivity index (χ3v) is 3.82. The summed E-state index contributed by atoms with van der Waals surface area (Å²) in [5.74, 6) is 0.805. The van der Waals surface area contributed by atoms with Crippen LogP contribution in [0.3, 0.4) is 0 Å². The lowest BCUT2D eigenvalue weighted by Crippen LogP contribution is -2.39. The Morgan fingerprint density at radius 3 is 2.59 bits per heavy atom. The maximum Gasteiger partial charge on any atom is 0.0641 e. The molecule has 1 N–H and O–H groups in total. The average molecular weight is 228 g/mol. The van der Waals surface area contributed by atoms with Crippen LogP contribution in [0.4, 0.5) is 0 Å². The molecule has 1 aromatic carbocycles. The molecule has 2 heteroatoms. The van der Waals surface area contributed by atoms with Crippen molar-refractivity contribution in [1.29, 1.82) is 5.26 Å². The number of benzene rings is 1. The summed E-state index contributed by atoms with van der Waals surface area (Å²) in [6.45, 7) is 2.25. The molecule has 90 valence electrons. The van der Waals surface area contributed by atoms with Crippen molar-refractivity contribution >= 4 is 0 Å². The van der Waals surface area contributed by atoms with Gasteiger partial charge in [-0.25, -0.2) is 0 Å². The summed E-state index contributed by atoms with van der Waals surface area (Å²) >= 11 is 0. The molecule has 0 heterocycles. The SMILES string of the molecule is CC(NC(CC#N)c1ccccc1)C1CCC1. The van der Waals surface area contributed by atoms with E-state index in [1.807, 2.05) is 18.2 Å². The molecule has 1 fully saturated rings. The van der Waals surface area contributed by atoms with Gasteiger partial charge in [0.15, 0.2) is 0 Å². The fourth-order valence-electron chi connectivity index (χ4n) is 2.44.